The number of rotatable bonds is 3. The number of fused-ring (bicyclic) bond motifs is 1. The van der Waals surface area contributed by atoms with Gasteiger partial charge in [-0.1, -0.05) is 34.6 Å². The largest absolute Gasteiger partial charge is 0.349 e. The summed E-state index contributed by atoms with van der Waals surface area (Å²) in [6, 6.07) is 3.81. The Bertz CT molecular complexity index is 793. The fraction of sp³-hybridized carbons (Fsp3) is 0.524. The third-order valence-corrected chi connectivity index (χ3v) is 4.62. The van der Waals surface area contributed by atoms with Crippen LogP contribution in [0.15, 0.2) is 30.7 Å². The minimum atomic E-state index is -0.0356. The van der Waals surface area contributed by atoms with Gasteiger partial charge in [-0.15, -0.1) is 0 Å². The maximum absolute atomic E-state index is 12.5. The lowest BCUT2D eigenvalue weighted by Gasteiger charge is -2.37. The Morgan fingerprint density at radius 1 is 1.31 bits per heavy atom. The van der Waals surface area contributed by atoms with Crippen LogP contribution in [0.1, 0.15) is 64.8 Å². The van der Waals surface area contributed by atoms with Gasteiger partial charge in [0.1, 0.15) is 0 Å². The van der Waals surface area contributed by atoms with Gasteiger partial charge in [0.25, 0.3) is 0 Å². The second-order valence-corrected chi connectivity index (χ2v) is 9.24. The molecule has 2 aromatic rings. The zero-order valence-corrected chi connectivity index (χ0v) is 16.3. The summed E-state index contributed by atoms with van der Waals surface area (Å²) in [6.07, 6.45) is 7.68. The van der Waals surface area contributed by atoms with Gasteiger partial charge in [0.05, 0.1) is 11.7 Å². The molecule has 2 heterocycles. The standard InChI is InChI=1S/C21H28N4O/c1-20(2,3)11-18(26)24-16-9-21(4,5)10-17-15(16)13-23-19(25-17)14-7-6-8-22-12-14/h6-8,12-13,16H,9-11H2,1-5H3,(H,24,26)/t16-/m1/s1. The van der Waals surface area contributed by atoms with E-state index < -0.39 is 0 Å². The molecule has 0 fully saturated rings. The van der Waals surface area contributed by atoms with E-state index in [1.54, 1.807) is 12.4 Å². The molecule has 0 unspecified atom stereocenters. The fourth-order valence-corrected chi connectivity index (χ4v) is 3.54. The molecule has 1 aliphatic carbocycles. The number of carbonyl (C=O) groups excluding carboxylic acids is 1. The second-order valence-electron chi connectivity index (χ2n) is 9.24. The van der Waals surface area contributed by atoms with Gasteiger partial charge >= 0.3 is 0 Å². The molecule has 0 radical (unpaired) electrons. The molecule has 5 nitrogen and oxygen atoms in total. The zero-order chi connectivity index (χ0) is 18.9. The summed E-state index contributed by atoms with van der Waals surface area (Å²) in [7, 11) is 0. The molecule has 0 saturated heterocycles. The number of hydrogen-bond acceptors (Lipinski definition) is 4. The van der Waals surface area contributed by atoms with Crippen LogP contribution in [0.5, 0.6) is 0 Å². The Morgan fingerprint density at radius 3 is 2.73 bits per heavy atom. The molecule has 0 aliphatic heterocycles. The Kier molecular flexibility index (Phi) is 4.82. The summed E-state index contributed by atoms with van der Waals surface area (Å²) in [5, 5.41) is 3.22. The summed E-state index contributed by atoms with van der Waals surface area (Å²) in [5.41, 5.74) is 3.02. The maximum atomic E-state index is 12.5. The lowest BCUT2D eigenvalue weighted by Crippen LogP contribution is -2.38. The average Bonchev–Trinajstić information content (AvgIpc) is 2.52. The molecule has 1 N–H and O–H groups in total. The second kappa shape index (κ2) is 6.78. The van der Waals surface area contributed by atoms with Crippen molar-refractivity contribution in [3.63, 3.8) is 0 Å². The van der Waals surface area contributed by atoms with Gasteiger partial charge in [0, 0.05) is 36.1 Å². The molecule has 1 aliphatic rings. The summed E-state index contributed by atoms with van der Waals surface area (Å²) in [6.45, 7) is 10.7. The average molecular weight is 352 g/mol. The van der Waals surface area contributed by atoms with Crippen molar-refractivity contribution in [1.29, 1.82) is 0 Å². The van der Waals surface area contributed by atoms with E-state index in [0.717, 1.165) is 29.7 Å². The van der Waals surface area contributed by atoms with Gasteiger partial charge in [0.15, 0.2) is 5.82 Å². The fourth-order valence-electron chi connectivity index (χ4n) is 3.54. The molecule has 1 amide bonds. The van der Waals surface area contributed by atoms with Gasteiger partial charge < -0.3 is 5.32 Å². The van der Waals surface area contributed by atoms with Crippen LogP contribution in [0.2, 0.25) is 0 Å². The monoisotopic (exact) mass is 352 g/mol. The van der Waals surface area contributed by atoms with E-state index in [1.807, 2.05) is 18.3 Å². The number of pyridine rings is 1. The molecular weight excluding hydrogens is 324 g/mol. The highest BCUT2D eigenvalue weighted by Crippen LogP contribution is 2.40. The highest BCUT2D eigenvalue weighted by molar-refractivity contribution is 5.77. The van der Waals surface area contributed by atoms with E-state index in [4.69, 9.17) is 4.98 Å². The summed E-state index contributed by atoms with van der Waals surface area (Å²) in [4.78, 5) is 26.0. The molecule has 2 aromatic heterocycles. The molecule has 5 heteroatoms. The lowest BCUT2D eigenvalue weighted by molar-refractivity contribution is -0.123. The van der Waals surface area contributed by atoms with E-state index in [1.165, 1.54) is 0 Å². The van der Waals surface area contributed by atoms with Crippen molar-refractivity contribution in [1.82, 2.24) is 20.3 Å². The first kappa shape index (κ1) is 18.5. The van der Waals surface area contributed by atoms with E-state index in [9.17, 15) is 4.79 Å². The molecule has 0 spiro atoms. The minimum Gasteiger partial charge on any atom is -0.349 e. The van der Waals surface area contributed by atoms with Crippen LogP contribution in [0.3, 0.4) is 0 Å². The third-order valence-electron chi connectivity index (χ3n) is 4.62. The van der Waals surface area contributed by atoms with Crippen LogP contribution in [0.4, 0.5) is 0 Å². The Balaban J connectivity index is 1.89. The SMILES string of the molecule is CC(C)(C)CC(=O)N[C@@H]1CC(C)(C)Cc2nc(-c3cccnc3)ncc21. The van der Waals surface area contributed by atoms with Gasteiger partial charge in [-0.05, 0) is 35.8 Å². The molecule has 0 aromatic carbocycles. The van der Waals surface area contributed by atoms with E-state index >= 15 is 0 Å². The van der Waals surface area contributed by atoms with Crippen molar-refractivity contribution in [2.45, 2.75) is 59.9 Å². The first-order valence-corrected chi connectivity index (χ1v) is 9.19. The van der Waals surface area contributed by atoms with E-state index in [2.05, 4.69) is 49.9 Å². The van der Waals surface area contributed by atoms with Crippen LogP contribution < -0.4 is 5.32 Å². The Hall–Kier alpha value is -2.30. The van der Waals surface area contributed by atoms with Crippen molar-refractivity contribution in [2.24, 2.45) is 10.8 Å². The topological polar surface area (TPSA) is 67.8 Å². The predicted octanol–water partition coefficient (Wildman–Crippen LogP) is 4.10. The van der Waals surface area contributed by atoms with Crippen LogP contribution in [-0.4, -0.2) is 20.9 Å². The molecule has 3 rings (SSSR count). The maximum Gasteiger partial charge on any atom is 0.221 e. The smallest absolute Gasteiger partial charge is 0.221 e. The van der Waals surface area contributed by atoms with Crippen LogP contribution in [-0.2, 0) is 11.2 Å². The first-order valence-electron chi connectivity index (χ1n) is 9.19. The lowest BCUT2D eigenvalue weighted by atomic mass is 9.74. The quantitative estimate of drug-likeness (QED) is 0.903. The van der Waals surface area contributed by atoms with Crippen LogP contribution >= 0.6 is 0 Å². The number of amides is 1. The first-order chi connectivity index (χ1) is 12.1. The van der Waals surface area contributed by atoms with Gasteiger partial charge in [-0.2, -0.15) is 0 Å². The van der Waals surface area contributed by atoms with Crippen molar-refractivity contribution in [3.05, 3.63) is 42.0 Å². The highest BCUT2D eigenvalue weighted by Gasteiger charge is 2.35. The van der Waals surface area contributed by atoms with Crippen molar-refractivity contribution in [3.8, 4) is 11.4 Å². The number of hydrogen-bond donors (Lipinski definition) is 1. The molecule has 26 heavy (non-hydrogen) atoms. The van der Waals surface area contributed by atoms with E-state index in [0.29, 0.717) is 12.2 Å². The normalized spacial score (nSPS) is 18.9. The number of aromatic nitrogens is 3. The van der Waals surface area contributed by atoms with Gasteiger partial charge in [-0.25, -0.2) is 9.97 Å². The van der Waals surface area contributed by atoms with Crippen molar-refractivity contribution < 1.29 is 4.79 Å². The van der Waals surface area contributed by atoms with Crippen LogP contribution in [0.25, 0.3) is 11.4 Å². The summed E-state index contributed by atoms with van der Waals surface area (Å²) in [5.74, 6) is 0.775. The Morgan fingerprint density at radius 2 is 2.08 bits per heavy atom. The zero-order valence-electron chi connectivity index (χ0n) is 16.3. The molecule has 0 bridgehead atoms. The molecular formula is C21H28N4O. The van der Waals surface area contributed by atoms with Gasteiger partial charge in [-0.3, -0.25) is 9.78 Å². The van der Waals surface area contributed by atoms with Crippen molar-refractivity contribution >= 4 is 5.91 Å². The van der Waals surface area contributed by atoms with Gasteiger partial charge in [0.2, 0.25) is 5.91 Å². The van der Waals surface area contributed by atoms with E-state index in [-0.39, 0.29) is 22.8 Å². The summed E-state index contributed by atoms with van der Waals surface area (Å²) >= 11 is 0. The summed E-state index contributed by atoms with van der Waals surface area (Å²) < 4.78 is 0. The third kappa shape index (κ3) is 4.45. The van der Waals surface area contributed by atoms with Crippen LogP contribution in [0, 0.1) is 10.8 Å². The molecule has 1 atom stereocenters. The molecule has 138 valence electrons. The minimum absolute atomic E-state index is 0.0300. The number of nitrogens with one attached hydrogen (secondary N) is 1. The highest BCUT2D eigenvalue weighted by atomic mass is 16.1. The van der Waals surface area contributed by atoms with Crippen molar-refractivity contribution in [2.75, 3.05) is 0 Å². The molecule has 0 saturated carbocycles. The predicted molar refractivity (Wildman–Crippen MR) is 102 cm³/mol. The number of carbonyl (C=O) groups is 1. The number of nitrogens with zero attached hydrogens (tertiary/aromatic N) is 3. The Labute approximate surface area is 155 Å².